The van der Waals surface area contributed by atoms with Crippen LogP contribution in [0.1, 0.15) is 0 Å². The number of aromatic hydroxyl groups is 2. The predicted molar refractivity (Wildman–Crippen MR) is 52.5 cm³/mol. The van der Waals surface area contributed by atoms with Crippen LogP contribution in [0.5, 0.6) is 11.5 Å². The summed E-state index contributed by atoms with van der Waals surface area (Å²) in [6, 6.07) is 6.84. The number of pyridine rings is 1. The number of aromatic nitrogens is 1. The fraction of sp³-hybridized carbons (Fsp3) is 0.100. The number of hydrogen-bond donors (Lipinski definition) is 2. The van der Waals surface area contributed by atoms with Gasteiger partial charge in [-0.25, -0.2) is 0 Å². The number of rotatable bonds is 0. The number of para-hydroxylation sites is 1. The molecule has 0 aliphatic rings. The molecule has 0 saturated carbocycles. The van der Waals surface area contributed by atoms with Crippen molar-refractivity contribution in [1.82, 2.24) is 4.57 Å². The lowest BCUT2D eigenvalue weighted by Gasteiger charge is -2.07. The van der Waals surface area contributed by atoms with Crippen molar-refractivity contribution in [3.63, 3.8) is 0 Å². The molecule has 4 nitrogen and oxygen atoms in total. The molecule has 1 heterocycles. The smallest absolute Gasteiger partial charge is 0.296 e. The summed E-state index contributed by atoms with van der Waals surface area (Å²) in [6.45, 7) is 0. The van der Waals surface area contributed by atoms with Gasteiger partial charge in [0.05, 0.1) is 5.52 Å². The maximum Gasteiger partial charge on any atom is 0.296 e. The lowest BCUT2D eigenvalue weighted by molar-refractivity contribution is 0.399. The van der Waals surface area contributed by atoms with Crippen molar-refractivity contribution in [1.29, 1.82) is 0 Å². The zero-order valence-electron chi connectivity index (χ0n) is 7.56. The van der Waals surface area contributed by atoms with Crippen LogP contribution in [-0.2, 0) is 7.05 Å². The molecule has 14 heavy (non-hydrogen) atoms. The predicted octanol–water partition coefficient (Wildman–Crippen LogP) is 0.950. The van der Waals surface area contributed by atoms with Gasteiger partial charge in [-0.2, -0.15) is 0 Å². The van der Waals surface area contributed by atoms with Gasteiger partial charge >= 0.3 is 0 Å². The molecule has 0 bridgehead atoms. The van der Waals surface area contributed by atoms with Crippen LogP contribution >= 0.6 is 0 Å². The Morgan fingerprint density at radius 3 is 2.50 bits per heavy atom. The number of fused-ring (bicyclic) bond motifs is 1. The van der Waals surface area contributed by atoms with Gasteiger partial charge in [0.15, 0.2) is 5.75 Å². The molecule has 0 radical (unpaired) electrons. The summed E-state index contributed by atoms with van der Waals surface area (Å²) in [4.78, 5) is 11.4. The average molecular weight is 191 g/mol. The van der Waals surface area contributed by atoms with Crippen LogP contribution in [0.2, 0.25) is 0 Å². The van der Waals surface area contributed by atoms with Crippen molar-refractivity contribution in [3.8, 4) is 11.5 Å². The molecular formula is C10H9NO3. The van der Waals surface area contributed by atoms with Crippen LogP contribution in [0.15, 0.2) is 29.1 Å². The molecule has 0 unspecified atom stereocenters. The van der Waals surface area contributed by atoms with Gasteiger partial charge in [0.1, 0.15) is 0 Å². The van der Waals surface area contributed by atoms with Crippen LogP contribution in [0.4, 0.5) is 0 Å². The highest BCUT2D eigenvalue weighted by Gasteiger charge is 2.11. The molecule has 2 aromatic rings. The number of nitrogens with zero attached hydrogens (tertiary/aromatic N) is 1. The standard InChI is InChI=1S/C10H9NO3/c1-11-7-5-3-2-4-6(7)8(12)9(13)10(11)14/h2-5,12-13H,1H3. The number of aryl methyl sites for hydroxylation is 1. The van der Waals surface area contributed by atoms with E-state index in [1.54, 1.807) is 31.3 Å². The summed E-state index contributed by atoms with van der Waals surface area (Å²) in [5, 5.41) is 19.3. The second kappa shape index (κ2) is 2.77. The molecule has 72 valence electrons. The molecular weight excluding hydrogens is 182 g/mol. The Balaban J connectivity index is 3.10. The largest absolute Gasteiger partial charge is 0.504 e. The summed E-state index contributed by atoms with van der Waals surface area (Å²) in [7, 11) is 1.55. The van der Waals surface area contributed by atoms with Crippen molar-refractivity contribution in [3.05, 3.63) is 34.6 Å². The summed E-state index contributed by atoms with van der Waals surface area (Å²) in [5.41, 5.74) is -0.00556. The first-order valence-electron chi connectivity index (χ1n) is 4.12. The molecule has 0 aliphatic heterocycles. The molecule has 2 rings (SSSR count). The van der Waals surface area contributed by atoms with E-state index >= 15 is 0 Å². The minimum atomic E-state index is -0.605. The Kier molecular flexibility index (Phi) is 1.70. The summed E-state index contributed by atoms with van der Waals surface area (Å²) in [6.07, 6.45) is 0. The maximum absolute atomic E-state index is 11.4. The van der Waals surface area contributed by atoms with Gasteiger partial charge in [0, 0.05) is 12.4 Å². The van der Waals surface area contributed by atoms with E-state index in [1.165, 1.54) is 4.57 Å². The van der Waals surface area contributed by atoms with Crippen LogP contribution < -0.4 is 5.56 Å². The fourth-order valence-electron chi connectivity index (χ4n) is 1.46. The molecule has 0 saturated heterocycles. The van der Waals surface area contributed by atoms with Gasteiger partial charge in [0.2, 0.25) is 5.75 Å². The lowest BCUT2D eigenvalue weighted by Crippen LogP contribution is -2.16. The van der Waals surface area contributed by atoms with Crippen LogP contribution in [0.3, 0.4) is 0 Å². The zero-order chi connectivity index (χ0) is 10.3. The van der Waals surface area contributed by atoms with E-state index in [4.69, 9.17) is 0 Å². The van der Waals surface area contributed by atoms with Gasteiger partial charge in [-0.3, -0.25) is 4.79 Å². The summed E-state index contributed by atoms with van der Waals surface area (Å²) in [5.74, 6) is -0.963. The Morgan fingerprint density at radius 2 is 1.79 bits per heavy atom. The second-order valence-electron chi connectivity index (χ2n) is 3.08. The van der Waals surface area contributed by atoms with Crippen LogP contribution in [0.25, 0.3) is 10.9 Å². The van der Waals surface area contributed by atoms with Crippen LogP contribution in [-0.4, -0.2) is 14.8 Å². The quantitative estimate of drug-likeness (QED) is 0.651. The molecule has 2 N–H and O–H groups in total. The van der Waals surface area contributed by atoms with Gasteiger partial charge in [-0.15, -0.1) is 0 Å². The van der Waals surface area contributed by atoms with E-state index in [1.807, 2.05) is 0 Å². The highest BCUT2D eigenvalue weighted by molar-refractivity contribution is 5.87. The first-order valence-corrected chi connectivity index (χ1v) is 4.12. The van der Waals surface area contributed by atoms with Crippen molar-refractivity contribution >= 4 is 10.9 Å². The van der Waals surface area contributed by atoms with Gasteiger partial charge in [-0.1, -0.05) is 12.1 Å². The van der Waals surface area contributed by atoms with Gasteiger partial charge in [-0.05, 0) is 12.1 Å². The van der Waals surface area contributed by atoms with Crippen molar-refractivity contribution in [2.24, 2.45) is 7.05 Å². The summed E-state index contributed by atoms with van der Waals surface area (Å²) < 4.78 is 1.30. The minimum absolute atomic E-state index is 0.358. The molecule has 0 amide bonds. The highest BCUT2D eigenvalue weighted by atomic mass is 16.3. The van der Waals surface area contributed by atoms with Crippen molar-refractivity contribution in [2.75, 3.05) is 0 Å². The molecule has 1 aromatic carbocycles. The lowest BCUT2D eigenvalue weighted by atomic mass is 10.2. The van der Waals surface area contributed by atoms with E-state index in [0.717, 1.165) is 0 Å². The van der Waals surface area contributed by atoms with Crippen LogP contribution in [0, 0.1) is 0 Å². The minimum Gasteiger partial charge on any atom is -0.504 e. The Morgan fingerprint density at radius 1 is 1.14 bits per heavy atom. The van der Waals surface area contributed by atoms with E-state index in [0.29, 0.717) is 10.9 Å². The molecule has 0 aliphatic carbocycles. The highest BCUT2D eigenvalue weighted by Crippen LogP contribution is 2.29. The molecule has 4 heteroatoms. The Bertz CT molecular complexity index is 557. The van der Waals surface area contributed by atoms with E-state index < -0.39 is 11.3 Å². The molecule has 0 spiro atoms. The number of hydrogen-bond acceptors (Lipinski definition) is 3. The van der Waals surface area contributed by atoms with E-state index in [-0.39, 0.29) is 5.75 Å². The fourth-order valence-corrected chi connectivity index (χ4v) is 1.46. The first-order chi connectivity index (χ1) is 6.63. The van der Waals surface area contributed by atoms with E-state index in [2.05, 4.69) is 0 Å². The third-order valence-corrected chi connectivity index (χ3v) is 2.25. The van der Waals surface area contributed by atoms with Crippen molar-refractivity contribution in [2.45, 2.75) is 0 Å². The third kappa shape index (κ3) is 0.970. The first kappa shape index (κ1) is 8.62. The molecule has 1 aromatic heterocycles. The monoisotopic (exact) mass is 191 g/mol. The average Bonchev–Trinajstić information content (AvgIpc) is 2.23. The van der Waals surface area contributed by atoms with E-state index in [9.17, 15) is 15.0 Å². The Hall–Kier alpha value is -1.97. The van der Waals surface area contributed by atoms with Gasteiger partial charge < -0.3 is 14.8 Å². The topological polar surface area (TPSA) is 62.5 Å². The SMILES string of the molecule is Cn1c(=O)c(O)c(O)c2ccccc21. The maximum atomic E-state index is 11.4. The van der Waals surface area contributed by atoms with Gasteiger partial charge in [0.25, 0.3) is 5.56 Å². The third-order valence-electron chi connectivity index (χ3n) is 2.25. The van der Waals surface area contributed by atoms with Crippen molar-refractivity contribution < 1.29 is 10.2 Å². The number of benzene rings is 1. The second-order valence-corrected chi connectivity index (χ2v) is 3.08. The zero-order valence-corrected chi connectivity index (χ0v) is 7.56. The Labute approximate surface area is 79.7 Å². The summed E-state index contributed by atoms with van der Waals surface area (Å²) >= 11 is 0. The normalized spacial score (nSPS) is 10.6. The molecule has 0 atom stereocenters. The molecule has 0 fully saturated rings.